The highest BCUT2D eigenvalue weighted by Gasteiger charge is 2.29. The van der Waals surface area contributed by atoms with Crippen molar-refractivity contribution in [2.75, 3.05) is 14.2 Å². The zero-order valence-electron chi connectivity index (χ0n) is 16.0. The molecule has 0 unspecified atom stereocenters. The fourth-order valence-corrected chi connectivity index (χ4v) is 3.29. The van der Waals surface area contributed by atoms with Crippen LogP contribution in [0.1, 0.15) is 46.7 Å². The van der Waals surface area contributed by atoms with Gasteiger partial charge in [0.2, 0.25) is 0 Å². The van der Waals surface area contributed by atoms with Crippen LogP contribution in [0.15, 0.2) is 36.7 Å². The van der Waals surface area contributed by atoms with Gasteiger partial charge in [-0.15, -0.1) is 0 Å². The number of methoxy groups -OCH3 is 2. The molecule has 2 aromatic heterocycles. The first-order chi connectivity index (χ1) is 13.6. The van der Waals surface area contributed by atoms with Crippen molar-refractivity contribution >= 4 is 11.8 Å². The van der Waals surface area contributed by atoms with Crippen molar-refractivity contribution in [2.24, 2.45) is 0 Å². The van der Waals surface area contributed by atoms with E-state index in [4.69, 9.17) is 9.47 Å². The largest absolute Gasteiger partial charge is 0.497 e. The molecule has 1 aliphatic rings. The minimum absolute atomic E-state index is 0.177. The highest BCUT2D eigenvalue weighted by molar-refractivity contribution is 5.94. The maximum Gasteiger partial charge on any atom is 0.270 e. The molecule has 148 valence electrons. The minimum Gasteiger partial charge on any atom is -0.497 e. The van der Waals surface area contributed by atoms with Gasteiger partial charge in [0, 0.05) is 36.6 Å². The highest BCUT2D eigenvalue weighted by atomic mass is 16.5. The summed E-state index contributed by atoms with van der Waals surface area (Å²) in [5.74, 6) is 0.560. The summed E-state index contributed by atoms with van der Waals surface area (Å²) in [4.78, 5) is 33.4. The number of ether oxygens (including phenoxy) is 2. The molecule has 2 atom stereocenters. The number of amides is 2. The zero-order chi connectivity index (χ0) is 19.9. The van der Waals surface area contributed by atoms with E-state index < -0.39 is 0 Å². The molecular formula is C20H24N4O4. The molecule has 0 radical (unpaired) electrons. The van der Waals surface area contributed by atoms with Crippen LogP contribution in [0.4, 0.5) is 0 Å². The Balaban J connectivity index is 1.67. The smallest absolute Gasteiger partial charge is 0.270 e. The Morgan fingerprint density at radius 1 is 0.857 bits per heavy atom. The standard InChI is InChI=1S/C20H24N4O4/c1-27-13-7-9-21-17(11-13)19(25)23-15-5-3-4-6-16(15)24-20(26)18-12-14(28-2)8-10-22-18/h7-12,15-16H,3-6H2,1-2H3,(H,23,25)(H,24,26)/t15-,16-/m0/s1. The number of rotatable bonds is 6. The Morgan fingerprint density at radius 3 is 1.68 bits per heavy atom. The lowest BCUT2D eigenvalue weighted by atomic mass is 9.90. The monoisotopic (exact) mass is 384 g/mol. The molecule has 8 heteroatoms. The first-order valence-corrected chi connectivity index (χ1v) is 9.22. The predicted octanol–water partition coefficient (Wildman–Crippen LogP) is 1.96. The Kier molecular flexibility index (Phi) is 6.41. The Bertz CT molecular complexity index is 773. The fourth-order valence-electron chi connectivity index (χ4n) is 3.29. The van der Waals surface area contributed by atoms with Crippen LogP contribution in [-0.4, -0.2) is 48.1 Å². The van der Waals surface area contributed by atoms with Gasteiger partial charge in [0.15, 0.2) is 0 Å². The second kappa shape index (κ2) is 9.16. The maximum atomic E-state index is 12.6. The van der Waals surface area contributed by atoms with Crippen LogP contribution in [0.2, 0.25) is 0 Å². The van der Waals surface area contributed by atoms with Gasteiger partial charge in [0.1, 0.15) is 22.9 Å². The summed E-state index contributed by atoms with van der Waals surface area (Å²) < 4.78 is 10.3. The van der Waals surface area contributed by atoms with E-state index >= 15 is 0 Å². The lowest BCUT2D eigenvalue weighted by Gasteiger charge is -2.32. The summed E-state index contributed by atoms with van der Waals surface area (Å²) in [5, 5.41) is 6.00. The third-order valence-corrected chi connectivity index (χ3v) is 4.80. The van der Waals surface area contributed by atoms with Crippen molar-refractivity contribution in [3.63, 3.8) is 0 Å². The second-order valence-electron chi connectivity index (χ2n) is 6.61. The van der Waals surface area contributed by atoms with Crippen LogP contribution in [0.25, 0.3) is 0 Å². The van der Waals surface area contributed by atoms with Crippen molar-refractivity contribution in [2.45, 2.75) is 37.8 Å². The van der Waals surface area contributed by atoms with Crippen LogP contribution in [0.5, 0.6) is 11.5 Å². The topological polar surface area (TPSA) is 102 Å². The molecule has 2 aromatic rings. The number of pyridine rings is 2. The van der Waals surface area contributed by atoms with E-state index in [-0.39, 0.29) is 35.3 Å². The molecule has 2 amide bonds. The van der Waals surface area contributed by atoms with E-state index in [1.165, 1.54) is 26.6 Å². The molecule has 1 saturated carbocycles. The molecule has 0 spiro atoms. The molecule has 28 heavy (non-hydrogen) atoms. The molecule has 1 fully saturated rings. The molecule has 0 aliphatic heterocycles. The van der Waals surface area contributed by atoms with E-state index in [1.54, 1.807) is 24.3 Å². The summed E-state index contributed by atoms with van der Waals surface area (Å²) in [6.07, 6.45) is 6.60. The summed E-state index contributed by atoms with van der Waals surface area (Å²) in [6, 6.07) is 6.19. The van der Waals surface area contributed by atoms with Gasteiger partial charge in [-0.1, -0.05) is 12.8 Å². The summed E-state index contributed by atoms with van der Waals surface area (Å²) in [7, 11) is 3.08. The Hall–Kier alpha value is -3.16. The van der Waals surface area contributed by atoms with Crippen LogP contribution in [0, 0.1) is 0 Å². The minimum atomic E-state index is -0.287. The normalized spacial score (nSPS) is 18.8. The van der Waals surface area contributed by atoms with E-state index in [9.17, 15) is 9.59 Å². The van der Waals surface area contributed by atoms with Gasteiger partial charge in [0.25, 0.3) is 11.8 Å². The van der Waals surface area contributed by atoms with Gasteiger partial charge in [0.05, 0.1) is 14.2 Å². The number of aromatic nitrogens is 2. The van der Waals surface area contributed by atoms with Crippen molar-refractivity contribution in [3.8, 4) is 11.5 Å². The summed E-state index contributed by atoms with van der Waals surface area (Å²) >= 11 is 0. The van der Waals surface area contributed by atoms with E-state index in [0.29, 0.717) is 11.5 Å². The molecule has 2 N–H and O–H groups in total. The second-order valence-corrected chi connectivity index (χ2v) is 6.61. The molecule has 0 saturated heterocycles. The number of nitrogens with zero attached hydrogens (tertiary/aromatic N) is 2. The van der Waals surface area contributed by atoms with Gasteiger partial charge in [-0.05, 0) is 25.0 Å². The van der Waals surface area contributed by atoms with Crippen LogP contribution in [-0.2, 0) is 0 Å². The zero-order valence-corrected chi connectivity index (χ0v) is 16.0. The molecule has 0 bridgehead atoms. The van der Waals surface area contributed by atoms with Crippen molar-refractivity contribution in [3.05, 3.63) is 48.0 Å². The van der Waals surface area contributed by atoms with Crippen molar-refractivity contribution in [1.82, 2.24) is 20.6 Å². The van der Waals surface area contributed by atoms with Gasteiger partial charge >= 0.3 is 0 Å². The Labute approximate surface area is 163 Å². The van der Waals surface area contributed by atoms with Gasteiger partial charge in [-0.2, -0.15) is 0 Å². The fraction of sp³-hybridized carbons (Fsp3) is 0.400. The maximum absolute atomic E-state index is 12.6. The van der Waals surface area contributed by atoms with Crippen molar-refractivity contribution < 1.29 is 19.1 Å². The van der Waals surface area contributed by atoms with Crippen LogP contribution < -0.4 is 20.1 Å². The first kappa shape index (κ1) is 19.6. The number of hydrogen-bond donors (Lipinski definition) is 2. The lowest BCUT2D eigenvalue weighted by molar-refractivity contribution is 0.0857. The predicted molar refractivity (Wildman–Crippen MR) is 103 cm³/mol. The number of nitrogens with one attached hydrogen (secondary N) is 2. The van der Waals surface area contributed by atoms with Gasteiger partial charge < -0.3 is 20.1 Å². The lowest BCUT2D eigenvalue weighted by Crippen LogP contribution is -2.53. The molecule has 8 nitrogen and oxygen atoms in total. The summed E-state index contributed by atoms with van der Waals surface area (Å²) in [5.41, 5.74) is 0.564. The molecular weight excluding hydrogens is 360 g/mol. The highest BCUT2D eigenvalue weighted by Crippen LogP contribution is 2.20. The molecule has 3 rings (SSSR count). The quantitative estimate of drug-likeness (QED) is 0.789. The summed E-state index contributed by atoms with van der Waals surface area (Å²) in [6.45, 7) is 0. The van der Waals surface area contributed by atoms with Crippen molar-refractivity contribution in [1.29, 1.82) is 0 Å². The third-order valence-electron chi connectivity index (χ3n) is 4.80. The van der Waals surface area contributed by atoms with Gasteiger partial charge in [-0.25, -0.2) is 0 Å². The first-order valence-electron chi connectivity index (χ1n) is 9.22. The number of hydrogen-bond acceptors (Lipinski definition) is 6. The van der Waals surface area contributed by atoms with Crippen LogP contribution >= 0.6 is 0 Å². The molecule has 2 heterocycles. The molecule has 1 aliphatic carbocycles. The average Bonchev–Trinajstić information content (AvgIpc) is 2.75. The number of carbonyl (C=O) groups is 2. The van der Waals surface area contributed by atoms with E-state index in [1.807, 2.05) is 0 Å². The van der Waals surface area contributed by atoms with Gasteiger partial charge in [-0.3, -0.25) is 19.6 Å². The van der Waals surface area contributed by atoms with E-state index in [2.05, 4.69) is 20.6 Å². The SMILES string of the molecule is COc1ccnc(C(=O)N[C@H]2CCCC[C@@H]2NC(=O)c2cc(OC)ccn2)c1. The van der Waals surface area contributed by atoms with Crippen LogP contribution in [0.3, 0.4) is 0 Å². The van der Waals surface area contributed by atoms with E-state index in [0.717, 1.165) is 25.7 Å². The third kappa shape index (κ3) is 4.76. The molecule has 0 aromatic carbocycles. The number of carbonyl (C=O) groups excluding carboxylic acids is 2. The Morgan fingerprint density at radius 2 is 1.29 bits per heavy atom. The average molecular weight is 384 g/mol.